The van der Waals surface area contributed by atoms with Gasteiger partial charge in [0.15, 0.2) is 0 Å². The summed E-state index contributed by atoms with van der Waals surface area (Å²) < 4.78 is 0. The van der Waals surface area contributed by atoms with Crippen molar-refractivity contribution in [1.82, 2.24) is 10.6 Å². The van der Waals surface area contributed by atoms with Gasteiger partial charge in [-0.2, -0.15) is 5.26 Å². The Labute approximate surface area is 112 Å². The second kappa shape index (κ2) is 7.17. The van der Waals surface area contributed by atoms with Crippen LogP contribution in [0.2, 0.25) is 0 Å². The van der Waals surface area contributed by atoms with E-state index in [0.29, 0.717) is 17.7 Å². The zero-order valence-electron chi connectivity index (χ0n) is 11.1. The molecule has 5 nitrogen and oxygen atoms in total. The van der Waals surface area contributed by atoms with E-state index in [1.54, 1.807) is 31.2 Å². The molecule has 0 aliphatic carbocycles. The first-order valence-corrected chi connectivity index (χ1v) is 6.17. The van der Waals surface area contributed by atoms with Crippen LogP contribution in [-0.4, -0.2) is 24.4 Å². The molecule has 1 aromatic carbocycles. The summed E-state index contributed by atoms with van der Waals surface area (Å²) >= 11 is 0. The highest BCUT2D eigenvalue weighted by atomic mass is 16.2. The van der Waals surface area contributed by atoms with Crippen LogP contribution in [0.25, 0.3) is 0 Å². The Morgan fingerprint density at radius 2 is 1.95 bits per heavy atom. The molecule has 0 radical (unpaired) electrons. The van der Waals surface area contributed by atoms with Crippen molar-refractivity contribution < 1.29 is 9.59 Å². The quantitative estimate of drug-likeness (QED) is 0.833. The van der Waals surface area contributed by atoms with Crippen molar-refractivity contribution >= 4 is 11.8 Å². The van der Waals surface area contributed by atoms with Gasteiger partial charge in [-0.1, -0.05) is 6.92 Å². The molecule has 0 heterocycles. The number of carbonyl (C=O) groups is 2. The first-order chi connectivity index (χ1) is 9.08. The molecule has 0 unspecified atom stereocenters. The van der Waals surface area contributed by atoms with E-state index in [9.17, 15) is 9.59 Å². The van der Waals surface area contributed by atoms with E-state index in [0.717, 1.165) is 6.42 Å². The third kappa shape index (κ3) is 4.43. The summed E-state index contributed by atoms with van der Waals surface area (Å²) in [4.78, 5) is 23.5. The fraction of sp³-hybridized carbons (Fsp3) is 0.357. The molecule has 0 aromatic heterocycles. The van der Waals surface area contributed by atoms with E-state index in [1.165, 1.54) is 0 Å². The Bertz CT molecular complexity index is 488. The molecule has 0 aliphatic heterocycles. The van der Waals surface area contributed by atoms with Crippen LogP contribution < -0.4 is 10.6 Å². The number of rotatable bonds is 5. The van der Waals surface area contributed by atoms with Gasteiger partial charge >= 0.3 is 0 Å². The van der Waals surface area contributed by atoms with Crippen LogP contribution in [0.4, 0.5) is 0 Å². The number of nitrogens with one attached hydrogen (secondary N) is 2. The zero-order valence-corrected chi connectivity index (χ0v) is 11.1. The molecule has 5 heteroatoms. The molecule has 0 saturated heterocycles. The summed E-state index contributed by atoms with van der Waals surface area (Å²) in [6, 6.07) is 7.64. The maximum atomic E-state index is 11.9. The third-order valence-corrected chi connectivity index (χ3v) is 2.57. The smallest absolute Gasteiger partial charge is 0.251 e. The Morgan fingerprint density at radius 3 is 2.47 bits per heavy atom. The topological polar surface area (TPSA) is 82.0 Å². The minimum Gasteiger partial charge on any atom is -0.354 e. The van der Waals surface area contributed by atoms with Crippen molar-refractivity contribution in [3.05, 3.63) is 35.4 Å². The summed E-state index contributed by atoms with van der Waals surface area (Å²) in [6.07, 6.45) is 0.849. The van der Waals surface area contributed by atoms with E-state index in [2.05, 4.69) is 10.6 Å². The zero-order chi connectivity index (χ0) is 14.3. The average molecular weight is 259 g/mol. The first-order valence-electron chi connectivity index (χ1n) is 6.17. The van der Waals surface area contributed by atoms with Gasteiger partial charge in [0.25, 0.3) is 5.91 Å². The normalized spacial score (nSPS) is 11.2. The number of nitriles is 1. The molecule has 0 saturated carbocycles. The van der Waals surface area contributed by atoms with Crippen molar-refractivity contribution in [3.8, 4) is 6.07 Å². The molecule has 1 rings (SSSR count). The Hall–Kier alpha value is -2.35. The van der Waals surface area contributed by atoms with E-state index in [4.69, 9.17) is 5.26 Å². The fourth-order valence-corrected chi connectivity index (χ4v) is 1.44. The highest BCUT2D eigenvalue weighted by Gasteiger charge is 2.15. The monoisotopic (exact) mass is 259 g/mol. The summed E-state index contributed by atoms with van der Waals surface area (Å²) in [5.41, 5.74) is 0.916. The lowest BCUT2D eigenvalue weighted by atomic mass is 10.1. The minimum atomic E-state index is -0.588. The predicted octanol–water partition coefficient (Wildman–Crippen LogP) is 1.20. The number of benzene rings is 1. The maximum absolute atomic E-state index is 11.9. The molecule has 2 amide bonds. The highest BCUT2D eigenvalue weighted by molar-refractivity contribution is 5.97. The molecule has 19 heavy (non-hydrogen) atoms. The van der Waals surface area contributed by atoms with Crippen molar-refractivity contribution in [2.75, 3.05) is 6.54 Å². The van der Waals surface area contributed by atoms with Crippen molar-refractivity contribution in [1.29, 1.82) is 5.26 Å². The van der Waals surface area contributed by atoms with E-state index >= 15 is 0 Å². The number of carbonyl (C=O) groups excluding carboxylic acids is 2. The van der Waals surface area contributed by atoms with E-state index in [-0.39, 0.29) is 11.8 Å². The van der Waals surface area contributed by atoms with Crippen LogP contribution >= 0.6 is 0 Å². The van der Waals surface area contributed by atoms with Crippen molar-refractivity contribution in [2.45, 2.75) is 26.3 Å². The van der Waals surface area contributed by atoms with Gasteiger partial charge in [0.2, 0.25) is 5.91 Å². The Kier molecular flexibility index (Phi) is 5.55. The predicted molar refractivity (Wildman–Crippen MR) is 71.4 cm³/mol. The molecule has 0 fully saturated rings. The molecular weight excluding hydrogens is 242 g/mol. The third-order valence-electron chi connectivity index (χ3n) is 2.57. The standard InChI is InChI=1S/C14H17N3O2/c1-3-8-16-13(18)10(2)17-14(19)12-6-4-11(9-15)5-7-12/h4-7,10H,3,8H2,1-2H3,(H,16,18)(H,17,19)/t10-/m0/s1. The van der Waals surface area contributed by atoms with Gasteiger partial charge in [-0.3, -0.25) is 9.59 Å². The number of nitrogens with zero attached hydrogens (tertiary/aromatic N) is 1. The second-order valence-corrected chi connectivity index (χ2v) is 4.18. The molecule has 0 spiro atoms. The lowest BCUT2D eigenvalue weighted by Crippen LogP contribution is -2.44. The largest absolute Gasteiger partial charge is 0.354 e. The van der Waals surface area contributed by atoms with Gasteiger partial charge in [0, 0.05) is 12.1 Å². The van der Waals surface area contributed by atoms with E-state index < -0.39 is 6.04 Å². The number of hydrogen-bond donors (Lipinski definition) is 2. The van der Waals surface area contributed by atoms with Crippen LogP contribution in [0.15, 0.2) is 24.3 Å². The summed E-state index contributed by atoms with van der Waals surface area (Å²) in [5.74, 6) is -0.535. The molecule has 1 aromatic rings. The van der Waals surface area contributed by atoms with Gasteiger partial charge in [-0.25, -0.2) is 0 Å². The molecule has 0 aliphatic rings. The lowest BCUT2D eigenvalue weighted by Gasteiger charge is -2.13. The Balaban J connectivity index is 2.58. The summed E-state index contributed by atoms with van der Waals surface area (Å²) in [5, 5.41) is 14.0. The Morgan fingerprint density at radius 1 is 1.32 bits per heavy atom. The van der Waals surface area contributed by atoms with E-state index in [1.807, 2.05) is 13.0 Å². The van der Waals surface area contributed by atoms with Crippen LogP contribution in [0.5, 0.6) is 0 Å². The van der Waals surface area contributed by atoms with Crippen molar-refractivity contribution in [3.63, 3.8) is 0 Å². The second-order valence-electron chi connectivity index (χ2n) is 4.18. The van der Waals surface area contributed by atoms with Crippen LogP contribution in [0.3, 0.4) is 0 Å². The molecule has 0 bridgehead atoms. The fourth-order valence-electron chi connectivity index (χ4n) is 1.44. The summed E-state index contributed by atoms with van der Waals surface area (Å²) in [6.45, 7) is 4.18. The van der Waals surface area contributed by atoms with Gasteiger partial charge in [-0.15, -0.1) is 0 Å². The molecule has 100 valence electrons. The van der Waals surface area contributed by atoms with Gasteiger partial charge in [0.1, 0.15) is 6.04 Å². The van der Waals surface area contributed by atoms with Crippen molar-refractivity contribution in [2.24, 2.45) is 0 Å². The van der Waals surface area contributed by atoms with Gasteiger partial charge < -0.3 is 10.6 Å². The van der Waals surface area contributed by atoms with Crippen LogP contribution in [-0.2, 0) is 4.79 Å². The molecular formula is C14H17N3O2. The first kappa shape index (κ1) is 14.7. The molecule has 2 N–H and O–H groups in total. The lowest BCUT2D eigenvalue weighted by molar-refractivity contribution is -0.122. The number of hydrogen-bond acceptors (Lipinski definition) is 3. The van der Waals surface area contributed by atoms with Crippen LogP contribution in [0, 0.1) is 11.3 Å². The average Bonchev–Trinajstić information content (AvgIpc) is 2.44. The number of amides is 2. The highest BCUT2D eigenvalue weighted by Crippen LogP contribution is 2.03. The minimum absolute atomic E-state index is 0.205. The molecule has 1 atom stereocenters. The SMILES string of the molecule is CCCNC(=O)[C@H](C)NC(=O)c1ccc(C#N)cc1. The summed E-state index contributed by atoms with van der Waals surface area (Å²) in [7, 11) is 0. The van der Waals surface area contributed by atoms with Gasteiger partial charge in [0.05, 0.1) is 11.6 Å². The van der Waals surface area contributed by atoms with Crippen LogP contribution in [0.1, 0.15) is 36.2 Å². The van der Waals surface area contributed by atoms with Gasteiger partial charge in [-0.05, 0) is 37.6 Å². The maximum Gasteiger partial charge on any atom is 0.251 e.